The third-order valence-corrected chi connectivity index (χ3v) is 4.36. The molecule has 2 aromatic heterocycles. The molecule has 4 atom stereocenters. The summed E-state index contributed by atoms with van der Waals surface area (Å²) >= 11 is 0. The molecule has 3 rings (SSSR count). The van der Waals surface area contributed by atoms with Crippen molar-refractivity contribution >= 4 is 24.8 Å². The fraction of sp³-hybridized carbons (Fsp3) is 0.583. The Morgan fingerprint density at radius 1 is 1.40 bits per heavy atom. The van der Waals surface area contributed by atoms with Crippen molar-refractivity contribution in [3.8, 4) is 0 Å². The molecule has 1 saturated heterocycles. The van der Waals surface area contributed by atoms with Crippen LogP contribution in [0.2, 0.25) is 0 Å². The minimum Gasteiger partial charge on any atom is -0.387 e. The van der Waals surface area contributed by atoms with E-state index in [4.69, 9.17) is 20.3 Å². The lowest BCUT2D eigenvalue weighted by Gasteiger charge is -2.17. The summed E-state index contributed by atoms with van der Waals surface area (Å²) < 4.78 is 22.4. The molecule has 0 aromatic carbocycles. The topological polar surface area (TPSA) is 169 Å². The number of nitrogens with zero attached hydrogens (tertiary/aromatic N) is 5. The largest absolute Gasteiger partial charge is 0.469 e. The van der Waals surface area contributed by atoms with E-state index in [1.165, 1.54) is 17.2 Å². The molecule has 13 heteroatoms. The molecule has 3 heterocycles. The Kier molecular flexibility index (Phi) is 4.77. The van der Waals surface area contributed by atoms with E-state index in [9.17, 15) is 9.67 Å². The number of phosphoric acid groups is 1. The predicted octanol–water partition coefficient (Wildman–Crippen LogP) is -1.41. The number of rotatable bonds is 5. The molecule has 0 bridgehead atoms. The second-order valence-corrected chi connectivity index (χ2v) is 7.07. The number of fused-ring (bicyclic) bond motifs is 1. The number of nitrogens with two attached hydrogens (primary N) is 1. The van der Waals surface area contributed by atoms with Crippen molar-refractivity contribution in [2.45, 2.75) is 24.5 Å². The number of ether oxygens (including phenoxy) is 1. The molecule has 138 valence electrons. The summed E-state index contributed by atoms with van der Waals surface area (Å²) in [7, 11) is -1.04. The van der Waals surface area contributed by atoms with Gasteiger partial charge in [-0.1, -0.05) is 0 Å². The van der Waals surface area contributed by atoms with Gasteiger partial charge in [-0.15, -0.1) is 0 Å². The summed E-state index contributed by atoms with van der Waals surface area (Å²) in [6.45, 7) is -0.455. The van der Waals surface area contributed by atoms with Crippen molar-refractivity contribution in [2.24, 2.45) is 5.73 Å². The molecule has 25 heavy (non-hydrogen) atoms. The molecular weight excluding hydrogens is 355 g/mol. The molecule has 1 fully saturated rings. The number of hydrogen-bond acceptors (Lipinski definition) is 9. The molecule has 0 radical (unpaired) electrons. The summed E-state index contributed by atoms with van der Waals surface area (Å²) in [6.07, 6.45) is -0.152. The second-order valence-electron chi connectivity index (χ2n) is 5.84. The third-order valence-electron chi connectivity index (χ3n) is 3.87. The molecule has 0 spiro atoms. The molecule has 1 aliphatic heterocycles. The number of aromatic nitrogens is 4. The highest BCUT2D eigenvalue weighted by Gasteiger charge is 2.44. The first-order chi connectivity index (χ1) is 11.7. The number of aliphatic hydroxyl groups excluding tert-OH is 1. The van der Waals surface area contributed by atoms with Crippen LogP contribution in [0.15, 0.2) is 12.7 Å². The van der Waals surface area contributed by atoms with Gasteiger partial charge in [0.25, 0.3) is 0 Å². The quantitative estimate of drug-likeness (QED) is 0.453. The van der Waals surface area contributed by atoms with Crippen LogP contribution in [0.4, 0.5) is 5.82 Å². The highest BCUT2D eigenvalue weighted by Crippen LogP contribution is 2.38. The Morgan fingerprint density at radius 3 is 2.76 bits per heavy atom. The van der Waals surface area contributed by atoms with Crippen molar-refractivity contribution < 1.29 is 28.7 Å². The van der Waals surface area contributed by atoms with E-state index in [1.807, 2.05) is 14.1 Å². The Hall–Kier alpha value is -1.66. The van der Waals surface area contributed by atoms with Crippen molar-refractivity contribution in [3.05, 3.63) is 12.7 Å². The minimum absolute atomic E-state index is 0.437. The normalized spacial score (nSPS) is 27.1. The maximum atomic E-state index is 10.8. The maximum Gasteiger partial charge on any atom is 0.469 e. The number of hydrogen-bond donors (Lipinski definition) is 4. The van der Waals surface area contributed by atoms with E-state index in [-0.39, 0.29) is 0 Å². The van der Waals surface area contributed by atoms with Crippen LogP contribution < -0.4 is 10.6 Å². The van der Waals surface area contributed by atoms with Gasteiger partial charge >= 0.3 is 7.82 Å². The van der Waals surface area contributed by atoms with Gasteiger partial charge in [-0.05, 0) is 0 Å². The fourth-order valence-corrected chi connectivity index (χ4v) is 3.01. The lowest BCUT2D eigenvalue weighted by atomic mass is 10.1. The molecule has 2 aromatic rings. The molecule has 1 aliphatic rings. The molecule has 0 aliphatic carbocycles. The van der Waals surface area contributed by atoms with E-state index >= 15 is 0 Å². The van der Waals surface area contributed by atoms with Gasteiger partial charge in [0.05, 0.1) is 19.0 Å². The monoisotopic (exact) mass is 374 g/mol. The Morgan fingerprint density at radius 2 is 2.12 bits per heavy atom. The molecular formula is C12H19N6O6P. The predicted molar refractivity (Wildman–Crippen MR) is 85.5 cm³/mol. The average Bonchev–Trinajstić information content (AvgIpc) is 3.07. The standard InChI is InChI=1S/C12H19N6O6P/c1-17(2)10-8-11(15-4-14-10)18(5-16-8)12-9(19)7(13)6(24-12)3-23-25(20,21)22/h4-7,9,12,19H,3,13H2,1-2H3,(H2,20,21,22)/t6-,7-,9-,12-/m1/s1. The number of aliphatic hydroxyl groups is 1. The summed E-state index contributed by atoms with van der Waals surface area (Å²) in [5, 5.41) is 10.4. The molecule has 0 amide bonds. The SMILES string of the molecule is CN(C)c1ncnc2c1ncn2[C@@H]1O[C@H](COP(=O)(O)O)[C@@H](N)[C@H]1O. The first-order valence-electron chi connectivity index (χ1n) is 7.33. The van der Waals surface area contributed by atoms with Crippen LogP contribution >= 0.6 is 7.82 Å². The first-order valence-corrected chi connectivity index (χ1v) is 8.86. The number of anilines is 1. The molecule has 5 N–H and O–H groups in total. The first kappa shape index (κ1) is 18.1. The van der Waals surface area contributed by atoms with Crippen molar-refractivity contribution in [1.29, 1.82) is 0 Å². The zero-order valence-electron chi connectivity index (χ0n) is 13.5. The lowest BCUT2D eigenvalue weighted by Crippen LogP contribution is -2.41. The van der Waals surface area contributed by atoms with Gasteiger partial charge in [-0.25, -0.2) is 19.5 Å². The van der Waals surface area contributed by atoms with Gasteiger partial charge in [0.2, 0.25) is 0 Å². The van der Waals surface area contributed by atoms with Crippen LogP contribution in [0.25, 0.3) is 11.2 Å². The molecule has 0 unspecified atom stereocenters. The van der Waals surface area contributed by atoms with Gasteiger partial charge in [0, 0.05) is 14.1 Å². The second kappa shape index (κ2) is 6.57. The van der Waals surface area contributed by atoms with Crippen molar-refractivity contribution in [3.63, 3.8) is 0 Å². The van der Waals surface area contributed by atoms with Crippen molar-refractivity contribution in [2.75, 3.05) is 25.6 Å². The highest BCUT2D eigenvalue weighted by molar-refractivity contribution is 7.46. The Bertz CT molecular complexity index is 808. The number of imidazole rings is 1. The lowest BCUT2D eigenvalue weighted by molar-refractivity contribution is -0.0483. The van der Waals surface area contributed by atoms with E-state index < -0.39 is 38.9 Å². The summed E-state index contributed by atoms with van der Waals surface area (Å²) in [5.41, 5.74) is 6.84. The minimum atomic E-state index is -4.66. The Balaban J connectivity index is 1.88. The van der Waals surface area contributed by atoms with E-state index in [0.29, 0.717) is 17.0 Å². The Labute approximate surface area is 142 Å². The molecule has 12 nitrogen and oxygen atoms in total. The van der Waals surface area contributed by atoms with E-state index in [0.717, 1.165) is 0 Å². The van der Waals surface area contributed by atoms with Crippen LogP contribution in [-0.2, 0) is 13.8 Å². The van der Waals surface area contributed by atoms with Gasteiger partial charge in [0.1, 0.15) is 18.5 Å². The summed E-state index contributed by atoms with van der Waals surface area (Å²) in [4.78, 5) is 32.0. The van der Waals surface area contributed by atoms with E-state index in [2.05, 4.69) is 19.5 Å². The van der Waals surface area contributed by atoms with E-state index in [1.54, 1.807) is 4.90 Å². The highest BCUT2D eigenvalue weighted by atomic mass is 31.2. The fourth-order valence-electron chi connectivity index (χ4n) is 2.66. The van der Waals surface area contributed by atoms with Crippen LogP contribution in [-0.4, -0.2) is 73.4 Å². The van der Waals surface area contributed by atoms with Crippen LogP contribution in [0.1, 0.15) is 6.23 Å². The average molecular weight is 374 g/mol. The summed E-state index contributed by atoms with van der Waals surface area (Å²) in [5.74, 6) is 0.599. The summed E-state index contributed by atoms with van der Waals surface area (Å²) in [6, 6.07) is -0.899. The van der Waals surface area contributed by atoms with Gasteiger partial charge in [-0.2, -0.15) is 0 Å². The van der Waals surface area contributed by atoms with Crippen LogP contribution in [0.5, 0.6) is 0 Å². The van der Waals surface area contributed by atoms with Crippen LogP contribution in [0.3, 0.4) is 0 Å². The maximum absolute atomic E-state index is 10.8. The van der Waals surface area contributed by atoms with Gasteiger partial charge < -0.3 is 30.3 Å². The third kappa shape index (κ3) is 3.51. The number of phosphoric ester groups is 1. The van der Waals surface area contributed by atoms with Gasteiger partial charge in [-0.3, -0.25) is 9.09 Å². The zero-order valence-corrected chi connectivity index (χ0v) is 14.4. The van der Waals surface area contributed by atoms with Gasteiger partial charge in [0.15, 0.2) is 23.2 Å². The van der Waals surface area contributed by atoms with Crippen molar-refractivity contribution in [1.82, 2.24) is 19.5 Å². The smallest absolute Gasteiger partial charge is 0.387 e. The van der Waals surface area contributed by atoms with Crippen LogP contribution in [0, 0.1) is 0 Å². The molecule has 0 saturated carbocycles. The zero-order chi connectivity index (χ0) is 18.4.